The molecule has 0 aliphatic carbocycles. The van der Waals surface area contributed by atoms with Crippen LogP contribution in [0, 0.1) is 13.8 Å². The number of rotatable bonds is 3. The third-order valence-electron chi connectivity index (χ3n) is 4.66. The van der Waals surface area contributed by atoms with Gasteiger partial charge in [0.25, 0.3) is 11.1 Å². The van der Waals surface area contributed by atoms with Crippen LogP contribution in [0.15, 0.2) is 60.7 Å². The summed E-state index contributed by atoms with van der Waals surface area (Å²) in [5.41, 5.74) is 3.80. The van der Waals surface area contributed by atoms with Crippen molar-refractivity contribution in [2.24, 2.45) is 0 Å². The Morgan fingerprint density at radius 3 is 2.50 bits per heavy atom. The lowest BCUT2D eigenvalue weighted by molar-refractivity contribution is -0.116. The van der Waals surface area contributed by atoms with Gasteiger partial charge in [-0.3, -0.25) is 9.59 Å². The predicted molar refractivity (Wildman–Crippen MR) is 108 cm³/mol. The molecule has 5 heteroatoms. The summed E-state index contributed by atoms with van der Waals surface area (Å²) < 4.78 is 0. The van der Waals surface area contributed by atoms with Crippen LogP contribution < -0.4 is 10.2 Å². The third kappa shape index (κ3) is 2.84. The highest BCUT2D eigenvalue weighted by atomic mass is 32.2. The zero-order valence-electron chi connectivity index (χ0n) is 14.5. The molecule has 4 nitrogen and oxygen atoms in total. The molecule has 0 saturated carbocycles. The van der Waals surface area contributed by atoms with Crippen LogP contribution in [-0.2, 0) is 4.79 Å². The van der Waals surface area contributed by atoms with Crippen molar-refractivity contribution in [2.75, 3.05) is 10.2 Å². The second-order valence-corrected chi connectivity index (χ2v) is 7.44. The first-order valence-electron chi connectivity index (χ1n) is 8.41. The van der Waals surface area contributed by atoms with Gasteiger partial charge in [-0.1, -0.05) is 42.5 Å². The highest BCUT2D eigenvalue weighted by Crippen LogP contribution is 2.36. The topological polar surface area (TPSA) is 49.4 Å². The molecule has 130 valence electrons. The maximum atomic E-state index is 12.9. The van der Waals surface area contributed by atoms with Gasteiger partial charge in [0.1, 0.15) is 0 Å². The first-order valence-corrected chi connectivity index (χ1v) is 9.29. The smallest absolute Gasteiger partial charge is 0.295 e. The van der Waals surface area contributed by atoms with Crippen molar-refractivity contribution in [3.05, 3.63) is 71.8 Å². The minimum atomic E-state index is -0.622. The zero-order chi connectivity index (χ0) is 18.3. The number of imide groups is 1. The molecule has 0 aromatic heterocycles. The van der Waals surface area contributed by atoms with E-state index in [0.717, 1.165) is 33.8 Å². The Labute approximate surface area is 156 Å². The van der Waals surface area contributed by atoms with Crippen LogP contribution in [0.4, 0.5) is 16.2 Å². The minimum absolute atomic E-state index is 0.241. The summed E-state index contributed by atoms with van der Waals surface area (Å²) >= 11 is 1.02. The summed E-state index contributed by atoms with van der Waals surface area (Å²) in [4.78, 5) is 26.8. The van der Waals surface area contributed by atoms with Gasteiger partial charge in [-0.05, 0) is 60.3 Å². The van der Waals surface area contributed by atoms with Crippen molar-refractivity contribution in [3.8, 4) is 0 Å². The van der Waals surface area contributed by atoms with Gasteiger partial charge < -0.3 is 5.32 Å². The van der Waals surface area contributed by atoms with E-state index in [0.29, 0.717) is 5.69 Å². The van der Waals surface area contributed by atoms with Gasteiger partial charge in [-0.25, -0.2) is 4.90 Å². The Hall–Kier alpha value is -2.79. The number of fused-ring (bicyclic) bond motifs is 1. The number of amides is 2. The van der Waals surface area contributed by atoms with Gasteiger partial charge in [0.05, 0.1) is 5.69 Å². The molecule has 1 heterocycles. The Balaban J connectivity index is 1.66. The second kappa shape index (κ2) is 6.50. The molecule has 1 unspecified atom stereocenters. The van der Waals surface area contributed by atoms with E-state index >= 15 is 0 Å². The number of carbonyl (C=O) groups excluding carboxylic acids is 2. The van der Waals surface area contributed by atoms with Gasteiger partial charge in [-0.2, -0.15) is 0 Å². The molecule has 4 rings (SSSR count). The van der Waals surface area contributed by atoms with Crippen LogP contribution in [0.1, 0.15) is 11.1 Å². The number of thioether (sulfide) groups is 1. The Morgan fingerprint density at radius 1 is 0.923 bits per heavy atom. The maximum absolute atomic E-state index is 12.9. The molecule has 1 N–H and O–H groups in total. The quantitative estimate of drug-likeness (QED) is 0.705. The van der Waals surface area contributed by atoms with Crippen molar-refractivity contribution < 1.29 is 9.59 Å². The normalized spacial score (nSPS) is 17.2. The van der Waals surface area contributed by atoms with Crippen molar-refractivity contribution in [2.45, 2.75) is 19.2 Å². The lowest BCUT2D eigenvalue weighted by Gasteiger charge is -2.17. The fourth-order valence-corrected chi connectivity index (χ4v) is 4.00. The molecule has 1 atom stereocenters. The van der Waals surface area contributed by atoms with Crippen LogP contribution in [-0.4, -0.2) is 16.5 Å². The standard InChI is InChI=1S/C21H18N2O2S/c1-13-10-11-16(12-14(13)2)22-19-20(24)23(21(25)26-19)18-9-5-7-15-6-3-4-8-17(15)18/h3-12,19,22H,1-2H3. The number of nitrogens with one attached hydrogen (secondary N) is 1. The molecular weight excluding hydrogens is 344 g/mol. The van der Waals surface area contributed by atoms with Crippen molar-refractivity contribution in [1.82, 2.24) is 0 Å². The molecule has 3 aromatic carbocycles. The van der Waals surface area contributed by atoms with E-state index in [1.54, 1.807) is 0 Å². The van der Waals surface area contributed by atoms with E-state index in [9.17, 15) is 9.59 Å². The van der Waals surface area contributed by atoms with Gasteiger partial charge in [0, 0.05) is 11.1 Å². The van der Waals surface area contributed by atoms with Crippen molar-refractivity contribution >= 4 is 45.1 Å². The number of carbonyl (C=O) groups is 2. The van der Waals surface area contributed by atoms with Crippen molar-refractivity contribution in [1.29, 1.82) is 0 Å². The molecule has 0 spiro atoms. The highest BCUT2D eigenvalue weighted by molar-refractivity contribution is 8.16. The van der Waals surface area contributed by atoms with Crippen LogP contribution in [0.2, 0.25) is 0 Å². The largest absolute Gasteiger partial charge is 0.365 e. The lowest BCUT2D eigenvalue weighted by atomic mass is 10.1. The van der Waals surface area contributed by atoms with Crippen LogP contribution in [0.25, 0.3) is 10.8 Å². The third-order valence-corrected chi connectivity index (χ3v) is 5.60. The average Bonchev–Trinajstić information content (AvgIpc) is 2.91. The first kappa shape index (κ1) is 16.7. The zero-order valence-corrected chi connectivity index (χ0v) is 15.3. The molecule has 1 aliphatic rings. The molecule has 3 aromatic rings. The molecule has 1 fully saturated rings. The number of nitrogens with zero attached hydrogens (tertiary/aromatic N) is 1. The Morgan fingerprint density at radius 2 is 1.69 bits per heavy atom. The van der Waals surface area contributed by atoms with Gasteiger partial charge in [0.15, 0.2) is 5.37 Å². The number of anilines is 2. The summed E-state index contributed by atoms with van der Waals surface area (Å²) in [6.45, 7) is 4.07. The minimum Gasteiger partial charge on any atom is -0.365 e. The van der Waals surface area contributed by atoms with E-state index in [1.807, 2.05) is 74.5 Å². The van der Waals surface area contributed by atoms with E-state index in [1.165, 1.54) is 10.5 Å². The van der Waals surface area contributed by atoms with E-state index < -0.39 is 5.37 Å². The van der Waals surface area contributed by atoms with E-state index in [4.69, 9.17) is 0 Å². The van der Waals surface area contributed by atoms with Crippen LogP contribution in [0.5, 0.6) is 0 Å². The Bertz CT molecular complexity index is 1030. The molecule has 0 bridgehead atoms. The Kier molecular flexibility index (Phi) is 4.17. The van der Waals surface area contributed by atoms with Crippen LogP contribution in [0.3, 0.4) is 0 Å². The maximum Gasteiger partial charge on any atom is 0.295 e. The first-order chi connectivity index (χ1) is 12.5. The number of hydrogen-bond donors (Lipinski definition) is 1. The summed E-state index contributed by atoms with van der Waals surface area (Å²) in [5.74, 6) is -0.241. The lowest BCUT2D eigenvalue weighted by Crippen LogP contribution is -2.34. The summed E-state index contributed by atoms with van der Waals surface area (Å²) in [7, 11) is 0. The van der Waals surface area contributed by atoms with Gasteiger partial charge >= 0.3 is 0 Å². The number of benzene rings is 3. The fourth-order valence-electron chi connectivity index (χ4n) is 3.11. The molecule has 26 heavy (non-hydrogen) atoms. The summed E-state index contributed by atoms with van der Waals surface area (Å²) in [6.07, 6.45) is 0. The van der Waals surface area contributed by atoms with Gasteiger partial charge in [0.2, 0.25) is 0 Å². The number of aryl methyl sites for hydroxylation is 2. The summed E-state index contributed by atoms with van der Waals surface area (Å²) in [5, 5.41) is 4.20. The highest BCUT2D eigenvalue weighted by Gasteiger charge is 2.41. The second-order valence-electron chi connectivity index (χ2n) is 6.38. The predicted octanol–water partition coefficient (Wildman–Crippen LogP) is 5.09. The summed E-state index contributed by atoms with van der Waals surface area (Å²) in [6, 6.07) is 19.3. The van der Waals surface area contributed by atoms with E-state index in [2.05, 4.69) is 5.32 Å². The number of hydrogen-bond acceptors (Lipinski definition) is 4. The average molecular weight is 362 g/mol. The SMILES string of the molecule is Cc1ccc(NC2SC(=O)N(c3cccc4ccccc34)C2=O)cc1C. The molecule has 2 amide bonds. The van der Waals surface area contributed by atoms with Crippen LogP contribution >= 0.6 is 11.8 Å². The molecule has 1 aliphatic heterocycles. The fraction of sp³-hybridized carbons (Fsp3) is 0.143. The van der Waals surface area contributed by atoms with E-state index in [-0.39, 0.29) is 11.1 Å². The monoisotopic (exact) mass is 362 g/mol. The van der Waals surface area contributed by atoms with Gasteiger partial charge in [-0.15, -0.1) is 0 Å². The molecule has 1 saturated heterocycles. The molecular formula is C21H18N2O2S. The van der Waals surface area contributed by atoms with Crippen molar-refractivity contribution in [3.63, 3.8) is 0 Å². The molecule has 0 radical (unpaired) electrons.